The molecule has 5 nitrogen and oxygen atoms in total. The highest BCUT2D eigenvalue weighted by atomic mass is 16.5. The van der Waals surface area contributed by atoms with Crippen LogP contribution in [-0.2, 0) is 9.53 Å². The molecule has 0 aliphatic carbocycles. The Morgan fingerprint density at radius 3 is 2.61 bits per heavy atom. The molecule has 1 aliphatic heterocycles. The fraction of sp³-hybridized carbons (Fsp3) is 0.556. The van der Waals surface area contributed by atoms with Gasteiger partial charge in [0.05, 0.1) is 0 Å². The number of carbonyl (C=O) groups is 2. The maximum absolute atomic E-state index is 12.6. The number of piperidine rings is 1. The molecule has 5 heteroatoms. The van der Waals surface area contributed by atoms with Crippen LogP contribution in [0.2, 0.25) is 0 Å². The number of rotatable bonds is 6. The quantitative estimate of drug-likeness (QED) is 0.816. The minimum atomic E-state index is 0.0125. The molecule has 0 spiro atoms. The van der Waals surface area contributed by atoms with Gasteiger partial charge in [-0.25, -0.2) is 0 Å². The van der Waals surface area contributed by atoms with E-state index in [0.717, 1.165) is 30.4 Å². The third-order valence-electron chi connectivity index (χ3n) is 4.35. The van der Waals surface area contributed by atoms with Crippen molar-refractivity contribution in [2.75, 3.05) is 33.4 Å². The Hall–Kier alpha value is -1.88. The summed E-state index contributed by atoms with van der Waals surface area (Å²) in [6.07, 6.45) is 2.29. The lowest BCUT2D eigenvalue weighted by atomic mass is 9.95. The fourth-order valence-corrected chi connectivity index (χ4v) is 2.90. The van der Waals surface area contributed by atoms with Gasteiger partial charge in [0, 0.05) is 44.8 Å². The van der Waals surface area contributed by atoms with Gasteiger partial charge >= 0.3 is 0 Å². The number of amides is 2. The number of methoxy groups -OCH3 is 1. The molecule has 2 rings (SSSR count). The van der Waals surface area contributed by atoms with Crippen LogP contribution in [0.25, 0.3) is 0 Å². The van der Waals surface area contributed by atoms with Crippen molar-refractivity contribution in [1.29, 1.82) is 0 Å². The first-order chi connectivity index (χ1) is 11.1. The molecule has 1 aliphatic rings. The van der Waals surface area contributed by atoms with E-state index in [2.05, 4.69) is 5.32 Å². The summed E-state index contributed by atoms with van der Waals surface area (Å²) >= 11 is 0. The second kappa shape index (κ2) is 8.67. The first-order valence-corrected chi connectivity index (χ1v) is 8.25. The predicted molar refractivity (Wildman–Crippen MR) is 89.3 cm³/mol. The lowest BCUT2D eigenvalue weighted by Gasteiger charge is -2.31. The van der Waals surface area contributed by atoms with Gasteiger partial charge in [0.2, 0.25) is 5.91 Å². The average Bonchev–Trinajstić information content (AvgIpc) is 2.58. The summed E-state index contributed by atoms with van der Waals surface area (Å²) < 4.78 is 4.97. The number of nitrogens with zero attached hydrogens (tertiary/aromatic N) is 1. The molecule has 1 aromatic rings. The second-order valence-electron chi connectivity index (χ2n) is 6.02. The number of benzene rings is 1. The van der Waals surface area contributed by atoms with Gasteiger partial charge in [0.25, 0.3) is 5.91 Å². The van der Waals surface area contributed by atoms with E-state index in [-0.39, 0.29) is 17.7 Å². The van der Waals surface area contributed by atoms with Crippen molar-refractivity contribution in [1.82, 2.24) is 10.2 Å². The molecule has 126 valence electrons. The molecular formula is C18H26N2O3. The van der Waals surface area contributed by atoms with Crippen molar-refractivity contribution in [3.05, 3.63) is 35.4 Å². The lowest BCUT2D eigenvalue weighted by molar-refractivity contribution is -0.126. The summed E-state index contributed by atoms with van der Waals surface area (Å²) in [6.45, 7) is 4.54. The van der Waals surface area contributed by atoms with E-state index in [0.29, 0.717) is 26.2 Å². The molecule has 1 aromatic carbocycles. The highest BCUT2D eigenvalue weighted by molar-refractivity contribution is 5.95. The number of hydrogen-bond donors (Lipinski definition) is 1. The Morgan fingerprint density at radius 2 is 1.96 bits per heavy atom. The third-order valence-corrected chi connectivity index (χ3v) is 4.35. The molecule has 0 saturated carbocycles. The van der Waals surface area contributed by atoms with Crippen LogP contribution in [0.4, 0.5) is 0 Å². The molecule has 0 bridgehead atoms. The van der Waals surface area contributed by atoms with Crippen molar-refractivity contribution >= 4 is 11.8 Å². The van der Waals surface area contributed by atoms with Gasteiger partial charge in [-0.2, -0.15) is 0 Å². The maximum Gasteiger partial charge on any atom is 0.254 e. The highest BCUT2D eigenvalue weighted by Gasteiger charge is 2.27. The molecular weight excluding hydrogens is 292 g/mol. The SMILES string of the molecule is COCCCNC(=O)C1CCN(C(=O)c2ccccc2C)CC1. The molecule has 23 heavy (non-hydrogen) atoms. The van der Waals surface area contributed by atoms with E-state index >= 15 is 0 Å². The molecule has 2 amide bonds. The Kier molecular flexibility index (Phi) is 6.59. The summed E-state index contributed by atoms with van der Waals surface area (Å²) in [6, 6.07) is 7.65. The van der Waals surface area contributed by atoms with Crippen LogP contribution in [0.15, 0.2) is 24.3 Å². The summed E-state index contributed by atoms with van der Waals surface area (Å²) in [5, 5.41) is 2.95. The van der Waals surface area contributed by atoms with E-state index in [9.17, 15) is 9.59 Å². The smallest absolute Gasteiger partial charge is 0.254 e. The predicted octanol–water partition coefficient (Wildman–Crippen LogP) is 2.00. The zero-order chi connectivity index (χ0) is 16.7. The van der Waals surface area contributed by atoms with Crippen molar-refractivity contribution in [3.63, 3.8) is 0 Å². The number of likely N-dealkylation sites (tertiary alicyclic amines) is 1. The van der Waals surface area contributed by atoms with Gasteiger partial charge < -0.3 is 15.0 Å². The number of ether oxygens (including phenoxy) is 1. The molecule has 0 aromatic heterocycles. The van der Waals surface area contributed by atoms with Crippen molar-refractivity contribution < 1.29 is 14.3 Å². The van der Waals surface area contributed by atoms with Crippen molar-refractivity contribution in [2.45, 2.75) is 26.2 Å². The van der Waals surface area contributed by atoms with Gasteiger partial charge in [0.15, 0.2) is 0 Å². The Balaban J connectivity index is 1.80. The topological polar surface area (TPSA) is 58.6 Å². The molecule has 1 fully saturated rings. The van der Waals surface area contributed by atoms with Crippen LogP contribution in [-0.4, -0.2) is 50.1 Å². The highest BCUT2D eigenvalue weighted by Crippen LogP contribution is 2.20. The van der Waals surface area contributed by atoms with Gasteiger partial charge in [-0.3, -0.25) is 9.59 Å². The van der Waals surface area contributed by atoms with Crippen LogP contribution in [0.1, 0.15) is 35.2 Å². The Labute approximate surface area is 138 Å². The van der Waals surface area contributed by atoms with Gasteiger partial charge in [0.1, 0.15) is 0 Å². The molecule has 0 unspecified atom stereocenters. The van der Waals surface area contributed by atoms with Crippen LogP contribution >= 0.6 is 0 Å². The Bertz CT molecular complexity index is 537. The van der Waals surface area contributed by atoms with Gasteiger partial charge in [-0.05, 0) is 37.8 Å². The standard InChI is InChI=1S/C18H26N2O3/c1-14-6-3-4-7-16(14)18(22)20-11-8-15(9-12-20)17(21)19-10-5-13-23-2/h3-4,6-7,15H,5,8-13H2,1-2H3,(H,19,21). The fourth-order valence-electron chi connectivity index (χ4n) is 2.90. The monoisotopic (exact) mass is 318 g/mol. The van der Waals surface area contributed by atoms with E-state index in [1.165, 1.54) is 0 Å². The molecule has 1 N–H and O–H groups in total. The molecule has 0 radical (unpaired) electrons. The minimum absolute atomic E-state index is 0.0125. The third kappa shape index (κ3) is 4.79. The Morgan fingerprint density at radius 1 is 1.26 bits per heavy atom. The van der Waals surface area contributed by atoms with Crippen LogP contribution < -0.4 is 5.32 Å². The van der Waals surface area contributed by atoms with E-state index in [1.54, 1.807) is 7.11 Å². The van der Waals surface area contributed by atoms with Crippen LogP contribution in [0, 0.1) is 12.8 Å². The van der Waals surface area contributed by atoms with Crippen LogP contribution in [0.5, 0.6) is 0 Å². The van der Waals surface area contributed by atoms with E-state index in [4.69, 9.17) is 4.74 Å². The van der Waals surface area contributed by atoms with Gasteiger partial charge in [-0.1, -0.05) is 18.2 Å². The largest absolute Gasteiger partial charge is 0.385 e. The number of hydrogen-bond acceptors (Lipinski definition) is 3. The summed E-state index contributed by atoms with van der Waals surface area (Å²) in [7, 11) is 1.66. The van der Waals surface area contributed by atoms with E-state index in [1.807, 2.05) is 36.1 Å². The van der Waals surface area contributed by atoms with Crippen LogP contribution in [0.3, 0.4) is 0 Å². The minimum Gasteiger partial charge on any atom is -0.385 e. The zero-order valence-corrected chi connectivity index (χ0v) is 14.0. The average molecular weight is 318 g/mol. The second-order valence-corrected chi connectivity index (χ2v) is 6.02. The maximum atomic E-state index is 12.6. The molecule has 0 atom stereocenters. The lowest BCUT2D eigenvalue weighted by Crippen LogP contribution is -2.43. The van der Waals surface area contributed by atoms with Crippen molar-refractivity contribution in [2.24, 2.45) is 5.92 Å². The van der Waals surface area contributed by atoms with Crippen molar-refractivity contribution in [3.8, 4) is 0 Å². The number of aryl methyl sites for hydroxylation is 1. The number of nitrogens with one attached hydrogen (secondary N) is 1. The molecule has 1 heterocycles. The first kappa shape index (κ1) is 17.5. The van der Waals surface area contributed by atoms with Gasteiger partial charge in [-0.15, -0.1) is 0 Å². The summed E-state index contributed by atoms with van der Waals surface area (Å²) in [5.41, 5.74) is 1.76. The summed E-state index contributed by atoms with van der Waals surface area (Å²) in [5.74, 6) is 0.185. The molecule has 1 saturated heterocycles. The number of carbonyl (C=O) groups excluding carboxylic acids is 2. The normalized spacial score (nSPS) is 15.5. The van der Waals surface area contributed by atoms with E-state index < -0.39 is 0 Å². The zero-order valence-electron chi connectivity index (χ0n) is 14.0. The first-order valence-electron chi connectivity index (χ1n) is 8.25. The summed E-state index contributed by atoms with van der Waals surface area (Å²) in [4.78, 5) is 26.5.